The van der Waals surface area contributed by atoms with Gasteiger partial charge >= 0.3 is 0 Å². The zero-order valence-corrected chi connectivity index (χ0v) is 21.5. The lowest BCUT2D eigenvalue weighted by molar-refractivity contribution is 0.0919. The number of carbonyl (C=O) groups excluding carboxylic acids is 1. The first-order valence-corrected chi connectivity index (χ1v) is 12.8. The van der Waals surface area contributed by atoms with Gasteiger partial charge in [-0.1, -0.05) is 90.5 Å². The summed E-state index contributed by atoms with van der Waals surface area (Å²) in [5, 5.41) is 3.06. The Labute approximate surface area is 215 Å². The zero-order chi connectivity index (χ0) is 25.3. The highest BCUT2D eigenvalue weighted by Crippen LogP contribution is 2.27. The van der Waals surface area contributed by atoms with Gasteiger partial charge in [0.25, 0.3) is 5.91 Å². The van der Waals surface area contributed by atoms with Gasteiger partial charge in [0.05, 0.1) is 6.54 Å². The van der Waals surface area contributed by atoms with E-state index in [1.54, 1.807) is 6.07 Å². The maximum Gasteiger partial charge on any atom is 0.286 e. The molecule has 1 heterocycles. The van der Waals surface area contributed by atoms with Crippen molar-refractivity contribution in [2.75, 3.05) is 6.54 Å². The Morgan fingerprint density at radius 1 is 0.806 bits per heavy atom. The minimum atomic E-state index is -0.171. The van der Waals surface area contributed by atoms with Crippen LogP contribution in [0.5, 0.6) is 0 Å². The number of furan rings is 1. The summed E-state index contributed by atoms with van der Waals surface area (Å²) in [6, 6.07) is 33.6. The molecule has 1 amide bonds. The molecule has 0 saturated carbocycles. The van der Waals surface area contributed by atoms with Gasteiger partial charge in [0.1, 0.15) is 5.76 Å². The average molecular weight is 481 g/mol. The molecule has 186 valence electrons. The fourth-order valence-electron chi connectivity index (χ4n) is 4.45. The van der Waals surface area contributed by atoms with Crippen LogP contribution in [0.25, 0.3) is 0 Å². The van der Waals surface area contributed by atoms with Gasteiger partial charge in [-0.05, 0) is 56.0 Å². The predicted molar refractivity (Wildman–Crippen MR) is 146 cm³/mol. The first kappa shape index (κ1) is 25.5. The molecule has 3 aromatic carbocycles. The topological polar surface area (TPSA) is 45.5 Å². The predicted octanol–water partition coefficient (Wildman–Crippen LogP) is 6.95. The zero-order valence-electron chi connectivity index (χ0n) is 21.5. The van der Waals surface area contributed by atoms with Crippen LogP contribution in [0, 0.1) is 6.92 Å². The monoisotopic (exact) mass is 480 g/mol. The van der Waals surface area contributed by atoms with Crippen molar-refractivity contribution in [2.24, 2.45) is 0 Å². The lowest BCUT2D eigenvalue weighted by Crippen LogP contribution is -2.29. The molecule has 36 heavy (non-hydrogen) atoms. The van der Waals surface area contributed by atoms with Crippen molar-refractivity contribution >= 4 is 5.91 Å². The van der Waals surface area contributed by atoms with E-state index >= 15 is 0 Å². The lowest BCUT2D eigenvalue weighted by atomic mass is 9.88. The molecule has 0 radical (unpaired) electrons. The van der Waals surface area contributed by atoms with Crippen molar-refractivity contribution < 1.29 is 9.21 Å². The second-order valence-electron chi connectivity index (χ2n) is 9.67. The summed E-state index contributed by atoms with van der Waals surface area (Å²) in [6.07, 6.45) is 0.811. The van der Waals surface area contributed by atoms with Gasteiger partial charge in [0.2, 0.25) is 0 Å². The van der Waals surface area contributed by atoms with Gasteiger partial charge in [-0.15, -0.1) is 0 Å². The van der Waals surface area contributed by atoms with Gasteiger partial charge in [-0.3, -0.25) is 9.69 Å². The maximum absolute atomic E-state index is 12.8. The third kappa shape index (κ3) is 6.96. The summed E-state index contributed by atoms with van der Waals surface area (Å²) >= 11 is 0. The molecule has 0 unspecified atom stereocenters. The average Bonchev–Trinajstić information content (AvgIpc) is 3.37. The minimum Gasteiger partial charge on any atom is -0.455 e. The van der Waals surface area contributed by atoms with Crippen molar-refractivity contribution in [1.82, 2.24) is 10.2 Å². The van der Waals surface area contributed by atoms with Crippen molar-refractivity contribution in [3.63, 3.8) is 0 Å². The highest BCUT2D eigenvalue weighted by molar-refractivity contribution is 5.91. The lowest BCUT2D eigenvalue weighted by Gasteiger charge is -2.25. The van der Waals surface area contributed by atoms with E-state index in [0.717, 1.165) is 18.7 Å². The number of nitrogens with one attached hydrogen (secondary N) is 1. The fraction of sp³-hybridized carbons (Fsp3) is 0.281. The Hall–Kier alpha value is -3.63. The third-order valence-electron chi connectivity index (χ3n) is 6.60. The van der Waals surface area contributed by atoms with Gasteiger partial charge in [-0.25, -0.2) is 0 Å². The Balaban J connectivity index is 1.35. The van der Waals surface area contributed by atoms with Gasteiger partial charge in [-0.2, -0.15) is 0 Å². The second kappa shape index (κ2) is 12.4. The summed E-state index contributed by atoms with van der Waals surface area (Å²) in [4.78, 5) is 15.2. The van der Waals surface area contributed by atoms with E-state index in [9.17, 15) is 4.79 Å². The summed E-state index contributed by atoms with van der Waals surface area (Å²) in [7, 11) is 0. The normalized spacial score (nSPS) is 11.4. The van der Waals surface area contributed by atoms with E-state index in [1.165, 1.54) is 22.3 Å². The van der Waals surface area contributed by atoms with Crippen LogP contribution >= 0.6 is 0 Å². The van der Waals surface area contributed by atoms with Crippen LogP contribution in [-0.4, -0.2) is 23.4 Å². The fourth-order valence-corrected chi connectivity index (χ4v) is 4.45. The molecular weight excluding hydrogens is 444 g/mol. The van der Waals surface area contributed by atoms with Crippen LogP contribution < -0.4 is 5.32 Å². The molecule has 0 aliphatic carbocycles. The summed E-state index contributed by atoms with van der Waals surface area (Å²) in [6.45, 7) is 8.52. The van der Waals surface area contributed by atoms with Crippen molar-refractivity contribution in [3.8, 4) is 0 Å². The molecule has 0 aliphatic rings. The number of hydrogen-bond donors (Lipinski definition) is 1. The van der Waals surface area contributed by atoms with Crippen LogP contribution in [0.1, 0.15) is 64.8 Å². The second-order valence-corrected chi connectivity index (χ2v) is 9.67. The number of rotatable bonds is 11. The standard InChI is InChI=1S/C32H36N2O2/c1-24(2)34(22-26-16-14-25(3)15-17-26)23-29-18-19-31(36-29)32(35)33-21-20-30(27-10-6-4-7-11-27)28-12-8-5-9-13-28/h4-19,24,30H,20-23H2,1-3H3,(H,33,35). The maximum atomic E-state index is 12.8. The van der Waals surface area contributed by atoms with Crippen LogP contribution in [0.3, 0.4) is 0 Å². The van der Waals surface area contributed by atoms with Gasteiger partial charge < -0.3 is 9.73 Å². The van der Waals surface area contributed by atoms with Gasteiger partial charge in [0, 0.05) is 25.0 Å². The first-order chi connectivity index (χ1) is 17.5. The SMILES string of the molecule is Cc1ccc(CN(Cc2ccc(C(=O)NCCC(c3ccccc3)c3ccccc3)o2)C(C)C)cc1. The summed E-state index contributed by atoms with van der Waals surface area (Å²) in [5.74, 6) is 1.21. The molecule has 0 aliphatic heterocycles. The van der Waals surface area contributed by atoms with Gasteiger partial charge in [0.15, 0.2) is 5.76 Å². The number of amides is 1. The van der Waals surface area contributed by atoms with Crippen molar-refractivity contribution in [3.05, 3.63) is 131 Å². The highest BCUT2D eigenvalue weighted by Gasteiger charge is 2.18. The van der Waals surface area contributed by atoms with E-state index in [0.29, 0.717) is 24.9 Å². The molecule has 0 spiro atoms. The molecule has 4 heteroatoms. The summed E-state index contributed by atoms with van der Waals surface area (Å²) < 4.78 is 5.96. The van der Waals surface area contributed by atoms with Crippen molar-refractivity contribution in [2.45, 2.75) is 52.2 Å². The molecular formula is C32H36N2O2. The number of nitrogens with zero attached hydrogens (tertiary/aromatic N) is 1. The van der Waals surface area contributed by atoms with Crippen LogP contribution in [-0.2, 0) is 13.1 Å². The number of aryl methyl sites for hydroxylation is 1. The van der Waals surface area contributed by atoms with E-state index in [1.807, 2.05) is 18.2 Å². The Bertz CT molecular complexity index is 1170. The molecule has 0 saturated heterocycles. The molecule has 1 aromatic heterocycles. The van der Waals surface area contributed by atoms with E-state index in [-0.39, 0.29) is 11.8 Å². The smallest absolute Gasteiger partial charge is 0.286 e. The number of hydrogen-bond acceptors (Lipinski definition) is 3. The number of benzene rings is 3. The molecule has 4 nitrogen and oxygen atoms in total. The molecule has 0 bridgehead atoms. The number of carbonyl (C=O) groups is 1. The summed E-state index contributed by atoms with van der Waals surface area (Å²) in [5.41, 5.74) is 5.03. The third-order valence-corrected chi connectivity index (χ3v) is 6.60. The van der Waals surface area contributed by atoms with E-state index < -0.39 is 0 Å². The van der Waals surface area contributed by atoms with E-state index in [2.05, 4.69) is 104 Å². The Morgan fingerprint density at radius 3 is 2.00 bits per heavy atom. The highest BCUT2D eigenvalue weighted by atomic mass is 16.4. The van der Waals surface area contributed by atoms with Crippen LogP contribution in [0.15, 0.2) is 101 Å². The molecule has 0 fully saturated rings. The van der Waals surface area contributed by atoms with Crippen LogP contribution in [0.2, 0.25) is 0 Å². The quantitative estimate of drug-likeness (QED) is 0.253. The molecule has 1 N–H and O–H groups in total. The Morgan fingerprint density at radius 2 is 1.42 bits per heavy atom. The first-order valence-electron chi connectivity index (χ1n) is 12.8. The van der Waals surface area contributed by atoms with Crippen LogP contribution in [0.4, 0.5) is 0 Å². The van der Waals surface area contributed by atoms with Crippen molar-refractivity contribution in [1.29, 1.82) is 0 Å². The van der Waals surface area contributed by atoms with E-state index in [4.69, 9.17) is 4.42 Å². The minimum absolute atomic E-state index is 0.171. The molecule has 0 atom stereocenters. The molecule has 4 aromatic rings. The molecule has 4 rings (SSSR count). The Kier molecular flexibility index (Phi) is 8.75. The largest absolute Gasteiger partial charge is 0.455 e.